The lowest BCUT2D eigenvalue weighted by atomic mass is 10.3. The maximum Gasteiger partial charge on any atom is 0.152 e. The van der Waals surface area contributed by atoms with Gasteiger partial charge in [0.25, 0.3) is 0 Å². The van der Waals surface area contributed by atoms with E-state index in [2.05, 4.69) is 14.8 Å². The highest BCUT2D eigenvalue weighted by molar-refractivity contribution is 5.80. The summed E-state index contributed by atoms with van der Waals surface area (Å²) >= 11 is 0. The zero-order valence-corrected chi connectivity index (χ0v) is 11.3. The van der Waals surface area contributed by atoms with Crippen LogP contribution in [0.5, 0.6) is 0 Å². The highest BCUT2D eigenvalue weighted by Gasteiger charge is 2.30. The molecular weight excluding hydrogens is 252 g/mol. The number of nitrogens with two attached hydrogens (primary N) is 1. The Bertz CT molecular complexity index is 780. The van der Waals surface area contributed by atoms with Crippen molar-refractivity contribution in [2.24, 2.45) is 7.05 Å². The molecule has 6 nitrogen and oxygen atoms in total. The van der Waals surface area contributed by atoms with E-state index in [-0.39, 0.29) is 0 Å². The molecule has 1 fully saturated rings. The average molecular weight is 268 g/mol. The molecule has 1 saturated carbocycles. The summed E-state index contributed by atoms with van der Waals surface area (Å²) < 4.78 is 4.19. The zero-order chi connectivity index (χ0) is 13.7. The topological polar surface area (TPSA) is 74.5 Å². The van der Waals surface area contributed by atoms with Crippen LogP contribution in [0.15, 0.2) is 24.5 Å². The number of aromatic nitrogens is 5. The second kappa shape index (κ2) is 4.06. The van der Waals surface area contributed by atoms with E-state index in [1.165, 1.54) is 12.8 Å². The Morgan fingerprint density at radius 1 is 1.35 bits per heavy atom. The molecule has 1 aliphatic rings. The van der Waals surface area contributed by atoms with Crippen LogP contribution >= 0.6 is 0 Å². The first-order valence-corrected chi connectivity index (χ1v) is 6.81. The van der Waals surface area contributed by atoms with Crippen LogP contribution in [0.2, 0.25) is 0 Å². The fourth-order valence-corrected chi connectivity index (χ4v) is 2.58. The van der Waals surface area contributed by atoms with Crippen molar-refractivity contribution in [2.75, 3.05) is 5.73 Å². The monoisotopic (exact) mass is 268 g/mol. The molecule has 2 aromatic heterocycles. The van der Waals surface area contributed by atoms with Gasteiger partial charge in [0, 0.05) is 18.7 Å². The van der Waals surface area contributed by atoms with Crippen LogP contribution < -0.4 is 5.73 Å². The third-order valence-corrected chi connectivity index (χ3v) is 3.85. The number of benzene rings is 1. The third kappa shape index (κ3) is 1.76. The van der Waals surface area contributed by atoms with Crippen molar-refractivity contribution in [3.8, 4) is 0 Å². The van der Waals surface area contributed by atoms with Crippen LogP contribution in [0.3, 0.4) is 0 Å². The Balaban J connectivity index is 1.87. The summed E-state index contributed by atoms with van der Waals surface area (Å²) in [6.07, 6.45) is 4.17. The van der Waals surface area contributed by atoms with Crippen LogP contribution in [0, 0.1) is 0 Å². The molecule has 2 N–H and O–H groups in total. The van der Waals surface area contributed by atoms with Gasteiger partial charge < -0.3 is 14.9 Å². The smallest absolute Gasteiger partial charge is 0.152 e. The van der Waals surface area contributed by atoms with Gasteiger partial charge in [-0.2, -0.15) is 0 Å². The molecule has 0 atom stereocenters. The molecule has 0 aliphatic heterocycles. The first kappa shape index (κ1) is 11.5. The maximum atomic E-state index is 5.86. The number of hydrogen-bond donors (Lipinski definition) is 1. The SMILES string of the molecule is Cn1cnnc1Cn1c(C2CC2)nc2cc(N)ccc21. The Morgan fingerprint density at radius 3 is 2.90 bits per heavy atom. The van der Waals surface area contributed by atoms with Crippen LogP contribution in [0.4, 0.5) is 5.69 Å². The van der Waals surface area contributed by atoms with Crippen LogP contribution in [0.25, 0.3) is 11.0 Å². The number of hydrogen-bond acceptors (Lipinski definition) is 4. The molecule has 6 heteroatoms. The van der Waals surface area contributed by atoms with Gasteiger partial charge in [-0.15, -0.1) is 10.2 Å². The van der Waals surface area contributed by atoms with Gasteiger partial charge in [-0.1, -0.05) is 0 Å². The summed E-state index contributed by atoms with van der Waals surface area (Å²) in [6, 6.07) is 5.90. The molecular formula is C14H16N6. The van der Waals surface area contributed by atoms with Gasteiger partial charge in [-0.3, -0.25) is 0 Å². The molecule has 1 aliphatic carbocycles. The number of nitrogens with zero attached hydrogens (tertiary/aromatic N) is 5. The van der Waals surface area contributed by atoms with E-state index < -0.39 is 0 Å². The van der Waals surface area contributed by atoms with Crippen molar-refractivity contribution in [1.82, 2.24) is 24.3 Å². The highest BCUT2D eigenvalue weighted by Crippen LogP contribution is 2.41. The summed E-state index contributed by atoms with van der Waals surface area (Å²) in [4.78, 5) is 4.77. The van der Waals surface area contributed by atoms with Gasteiger partial charge in [0.2, 0.25) is 0 Å². The van der Waals surface area contributed by atoms with Crippen molar-refractivity contribution in [3.63, 3.8) is 0 Å². The van der Waals surface area contributed by atoms with E-state index in [0.29, 0.717) is 12.5 Å². The van der Waals surface area contributed by atoms with Crippen LogP contribution in [-0.4, -0.2) is 24.3 Å². The number of aryl methyl sites for hydroxylation is 1. The highest BCUT2D eigenvalue weighted by atomic mass is 15.3. The second-order valence-electron chi connectivity index (χ2n) is 5.44. The van der Waals surface area contributed by atoms with E-state index in [4.69, 9.17) is 10.7 Å². The first-order valence-electron chi connectivity index (χ1n) is 6.81. The third-order valence-electron chi connectivity index (χ3n) is 3.85. The zero-order valence-electron chi connectivity index (χ0n) is 11.3. The van der Waals surface area contributed by atoms with Crippen molar-refractivity contribution in [3.05, 3.63) is 36.2 Å². The number of fused-ring (bicyclic) bond motifs is 1. The van der Waals surface area contributed by atoms with Crippen LogP contribution in [-0.2, 0) is 13.6 Å². The minimum Gasteiger partial charge on any atom is -0.399 e. The molecule has 3 aromatic rings. The molecule has 1 aromatic carbocycles. The van der Waals surface area contributed by atoms with Crippen molar-refractivity contribution < 1.29 is 0 Å². The van der Waals surface area contributed by atoms with E-state index >= 15 is 0 Å². The maximum absolute atomic E-state index is 5.86. The summed E-state index contributed by atoms with van der Waals surface area (Å²) in [5.74, 6) is 2.66. The minimum atomic E-state index is 0.580. The van der Waals surface area contributed by atoms with E-state index in [1.807, 2.05) is 29.8 Å². The predicted molar refractivity (Wildman–Crippen MR) is 76.2 cm³/mol. The summed E-state index contributed by atoms with van der Waals surface area (Å²) in [6.45, 7) is 0.697. The Labute approximate surface area is 116 Å². The number of rotatable bonds is 3. The van der Waals surface area contributed by atoms with E-state index in [1.54, 1.807) is 6.33 Å². The Kier molecular flexibility index (Phi) is 2.33. The molecule has 0 bridgehead atoms. The molecule has 4 rings (SSSR count). The lowest BCUT2D eigenvalue weighted by molar-refractivity contribution is 0.677. The normalized spacial score (nSPS) is 15.1. The van der Waals surface area contributed by atoms with Gasteiger partial charge in [0.15, 0.2) is 5.82 Å². The van der Waals surface area contributed by atoms with Crippen molar-refractivity contribution in [1.29, 1.82) is 0 Å². The summed E-state index contributed by atoms with van der Waals surface area (Å²) in [7, 11) is 1.96. The predicted octanol–water partition coefficient (Wildman–Crippen LogP) is 1.67. The lowest BCUT2D eigenvalue weighted by Gasteiger charge is -2.08. The van der Waals surface area contributed by atoms with E-state index in [9.17, 15) is 0 Å². The lowest BCUT2D eigenvalue weighted by Crippen LogP contribution is -2.08. The molecule has 0 amide bonds. The van der Waals surface area contributed by atoms with Gasteiger partial charge in [-0.25, -0.2) is 4.98 Å². The van der Waals surface area contributed by atoms with Gasteiger partial charge >= 0.3 is 0 Å². The average Bonchev–Trinajstić information content (AvgIpc) is 3.11. The molecule has 102 valence electrons. The second-order valence-corrected chi connectivity index (χ2v) is 5.44. The molecule has 0 unspecified atom stereocenters. The van der Waals surface area contributed by atoms with Gasteiger partial charge in [0.1, 0.15) is 12.2 Å². The fourth-order valence-electron chi connectivity index (χ4n) is 2.58. The Hall–Kier alpha value is -2.37. The number of imidazole rings is 1. The fraction of sp³-hybridized carbons (Fsp3) is 0.357. The number of anilines is 1. The van der Waals surface area contributed by atoms with Crippen molar-refractivity contribution >= 4 is 16.7 Å². The molecule has 0 saturated heterocycles. The van der Waals surface area contributed by atoms with Gasteiger partial charge in [0.05, 0.1) is 17.6 Å². The standard InChI is InChI=1S/C14H16N6/c1-19-8-16-18-13(19)7-20-12-5-4-10(15)6-11(12)17-14(20)9-2-3-9/h4-6,8-9H,2-3,7,15H2,1H3. The quantitative estimate of drug-likeness (QED) is 0.733. The molecule has 20 heavy (non-hydrogen) atoms. The molecule has 0 spiro atoms. The molecule has 0 radical (unpaired) electrons. The minimum absolute atomic E-state index is 0.580. The van der Waals surface area contributed by atoms with Crippen molar-refractivity contribution in [2.45, 2.75) is 25.3 Å². The largest absolute Gasteiger partial charge is 0.399 e. The summed E-state index contributed by atoms with van der Waals surface area (Å²) in [5, 5.41) is 8.12. The number of nitrogen functional groups attached to an aromatic ring is 1. The summed E-state index contributed by atoms with van der Waals surface area (Å²) in [5.41, 5.74) is 8.69. The first-order chi connectivity index (χ1) is 9.72. The van der Waals surface area contributed by atoms with Crippen LogP contribution in [0.1, 0.15) is 30.4 Å². The molecule has 2 heterocycles. The van der Waals surface area contributed by atoms with E-state index in [0.717, 1.165) is 28.4 Å². The van der Waals surface area contributed by atoms with Gasteiger partial charge in [-0.05, 0) is 31.0 Å². The Morgan fingerprint density at radius 2 is 2.20 bits per heavy atom.